The van der Waals surface area contributed by atoms with E-state index in [1.54, 1.807) is 45.0 Å². The Hall–Kier alpha value is -3.33. The number of nitrogens with one attached hydrogen (secondary N) is 1. The quantitative estimate of drug-likeness (QED) is 0.434. The zero-order chi connectivity index (χ0) is 23.3. The summed E-state index contributed by atoms with van der Waals surface area (Å²) in [5.74, 6) is 0. The van der Waals surface area contributed by atoms with E-state index in [-0.39, 0.29) is 5.15 Å². The lowest BCUT2D eigenvalue weighted by Crippen LogP contribution is -2.35. The fraction of sp³-hybridized carbons (Fsp3) is 0.333. The molecule has 1 atom stereocenters. The predicted molar refractivity (Wildman–Crippen MR) is 120 cm³/mol. The summed E-state index contributed by atoms with van der Waals surface area (Å²) >= 11 is 6.26. The molecule has 0 aliphatic carbocycles. The number of halogens is 1. The highest BCUT2D eigenvalue weighted by Crippen LogP contribution is 2.34. The number of carbonyl (C=O) groups is 2. The molecule has 2 aromatic rings. The van der Waals surface area contributed by atoms with Crippen LogP contribution in [0.3, 0.4) is 0 Å². The van der Waals surface area contributed by atoms with Crippen LogP contribution in [0.1, 0.15) is 38.9 Å². The molecule has 2 amide bonds. The van der Waals surface area contributed by atoms with Gasteiger partial charge in [-0.05, 0) is 45.4 Å². The summed E-state index contributed by atoms with van der Waals surface area (Å²) in [6.45, 7) is 9.02. The lowest BCUT2D eigenvalue weighted by molar-refractivity contribution is 0.0502. The summed E-state index contributed by atoms with van der Waals surface area (Å²) in [6, 6.07) is 5.92. The van der Waals surface area contributed by atoms with Crippen molar-refractivity contribution in [3.05, 3.63) is 47.8 Å². The molecule has 1 aromatic heterocycles. The van der Waals surface area contributed by atoms with Gasteiger partial charge in [-0.3, -0.25) is 4.90 Å². The molecule has 10 heteroatoms. The van der Waals surface area contributed by atoms with Crippen molar-refractivity contribution in [2.45, 2.75) is 38.8 Å². The highest BCUT2D eigenvalue weighted by atomic mass is 35.5. The Labute approximate surface area is 185 Å². The number of amides is 2. The van der Waals surface area contributed by atoms with Crippen molar-refractivity contribution >= 4 is 35.2 Å². The van der Waals surface area contributed by atoms with Crippen molar-refractivity contribution in [1.29, 1.82) is 0 Å². The molecule has 2 rings (SSSR count). The molecule has 4 N–H and O–H groups in total. The number of carbonyl (C=O) groups excluding carboxylic acids is 1. The Balaban J connectivity index is 2.40. The van der Waals surface area contributed by atoms with Crippen LogP contribution in [-0.4, -0.2) is 40.1 Å². The topological polar surface area (TPSA) is 131 Å². The summed E-state index contributed by atoms with van der Waals surface area (Å²) in [5, 5.41) is 20.1. The predicted octanol–water partition coefficient (Wildman–Crippen LogP) is 4.64. The molecule has 0 bridgehead atoms. The number of hydrogen-bond donors (Lipinski definition) is 3. The van der Waals surface area contributed by atoms with Crippen molar-refractivity contribution in [1.82, 2.24) is 15.5 Å². The molecule has 0 spiro atoms. The Kier molecular flexibility index (Phi) is 7.46. The number of ether oxygens (including phenoxy) is 1. The first-order valence-corrected chi connectivity index (χ1v) is 9.80. The molecule has 0 saturated heterocycles. The first kappa shape index (κ1) is 23.9. The van der Waals surface area contributed by atoms with Gasteiger partial charge in [0.15, 0.2) is 5.15 Å². The molecular weight excluding hydrogens is 422 g/mol. The third-order valence-electron chi connectivity index (χ3n) is 4.22. The van der Waals surface area contributed by atoms with Crippen molar-refractivity contribution in [2.75, 3.05) is 17.7 Å². The minimum atomic E-state index is -1.11. The van der Waals surface area contributed by atoms with Crippen LogP contribution in [0.4, 0.5) is 21.0 Å². The molecule has 0 unspecified atom stereocenters. The smallest absolute Gasteiger partial charge is 0.411 e. The van der Waals surface area contributed by atoms with Crippen LogP contribution in [0.15, 0.2) is 36.9 Å². The van der Waals surface area contributed by atoms with E-state index in [1.165, 1.54) is 13.1 Å². The van der Waals surface area contributed by atoms with E-state index in [0.717, 1.165) is 4.90 Å². The van der Waals surface area contributed by atoms with Crippen LogP contribution in [0.25, 0.3) is 11.1 Å². The lowest BCUT2D eigenvalue weighted by atomic mass is 10.0. The van der Waals surface area contributed by atoms with Crippen LogP contribution in [-0.2, 0) is 4.74 Å². The van der Waals surface area contributed by atoms with Crippen LogP contribution in [0, 0.1) is 0 Å². The molecule has 1 heterocycles. The third kappa shape index (κ3) is 6.32. The number of hydrogen-bond acceptors (Lipinski definition) is 6. The third-order valence-corrected chi connectivity index (χ3v) is 4.50. The molecule has 1 aromatic carbocycles. The number of nitrogen functional groups attached to an aromatic ring is 1. The van der Waals surface area contributed by atoms with Gasteiger partial charge in [0.05, 0.1) is 11.7 Å². The standard InChI is InChI=1S/C21H26ClN5O4/c1-6-7-16(24-19(28)31-21(2,3)4)17-11-14(18(22)26-25-17)13-9-8-12(10-15(13)23)27(5)20(29)30/h6,8-11,16H,1,7,23H2,2-5H3,(H,24,28)(H,29,30)/t16-/m0/s1. The van der Waals surface area contributed by atoms with Crippen molar-refractivity contribution in [3.63, 3.8) is 0 Å². The van der Waals surface area contributed by atoms with Crippen LogP contribution in [0.5, 0.6) is 0 Å². The summed E-state index contributed by atoms with van der Waals surface area (Å²) < 4.78 is 5.32. The Bertz CT molecular complexity index is 990. The molecule has 0 radical (unpaired) electrons. The number of nitrogens with zero attached hydrogens (tertiary/aromatic N) is 3. The second-order valence-electron chi connectivity index (χ2n) is 7.81. The summed E-state index contributed by atoms with van der Waals surface area (Å²) in [4.78, 5) is 24.4. The van der Waals surface area contributed by atoms with Crippen molar-refractivity contribution in [2.24, 2.45) is 0 Å². The largest absolute Gasteiger partial charge is 0.465 e. The maximum absolute atomic E-state index is 12.2. The van der Waals surface area contributed by atoms with Crippen LogP contribution >= 0.6 is 11.6 Å². The molecule has 31 heavy (non-hydrogen) atoms. The van der Waals surface area contributed by atoms with Gasteiger partial charge >= 0.3 is 12.2 Å². The van der Waals surface area contributed by atoms with Crippen LogP contribution in [0.2, 0.25) is 5.15 Å². The molecular formula is C21H26ClN5O4. The van der Waals surface area contributed by atoms with E-state index in [1.807, 2.05) is 0 Å². The molecule has 0 fully saturated rings. The molecule has 166 valence electrons. The zero-order valence-electron chi connectivity index (χ0n) is 17.8. The average molecular weight is 448 g/mol. The highest BCUT2D eigenvalue weighted by molar-refractivity contribution is 6.32. The number of alkyl carbamates (subject to hydrolysis) is 1. The van der Waals surface area contributed by atoms with Crippen LogP contribution < -0.4 is 16.0 Å². The second-order valence-corrected chi connectivity index (χ2v) is 8.17. The fourth-order valence-electron chi connectivity index (χ4n) is 2.74. The minimum absolute atomic E-state index is 0.115. The van der Waals surface area contributed by atoms with E-state index in [2.05, 4.69) is 22.1 Å². The number of benzene rings is 1. The average Bonchev–Trinajstić information content (AvgIpc) is 2.66. The van der Waals surface area contributed by atoms with Gasteiger partial charge in [-0.2, -0.15) is 5.10 Å². The minimum Gasteiger partial charge on any atom is -0.465 e. The number of nitrogens with two attached hydrogens (primary N) is 1. The van der Waals surface area contributed by atoms with Gasteiger partial charge in [-0.1, -0.05) is 23.7 Å². The second kappa shape index (κ2) is 9.65. The Morgan fingerprint density at radius 1 is 1.32 bits per heavy atom. The molecule has 0 saturated carbocycles. The number of aromatic nitrogens is 2. The summed E-state index contributed by atoms with van der Waals surface area (Å²) in [6.07, 6.45) is 0.312. The van der Waals surface area contributed by atoms with Gasteiger partial charge in [0.1, 0.15) is 5.60 Å². The SMILES string of the molecule is C=CC[C@H](NC(=O)OC(C)(C)C)c1cc(-c2ccc(N(C)C(=O)O)cc2N)c(Cl)nn1. The normalized spacial score (nSPS) is 12.0. The lowest BCUT2D eigenvalue weighted by Gasteiger charge is -2.23. The molecule has 0 aliphatic heterocycles. The van der Waals surface area contributed by atoms with Gasteiger partial charge in [-0.25, -0.2) is 9.59 Å². The van der Waals surface area contributed by atoms with E-state index < -0.39 is 23.8 Å². The van der Waals surface area contributed by atoms with Gasteiger partial charge < -0.3 is 20.9 Å². The van der Waals surface area contributed by atoms with Crippen molar-refractivity contribution in [3.8, 4) is 11.1 Å². The highest BCUT2D eigenvalue weighted by Gasteiger charge is 2.22. The summed E-state index contributed by atoms with van der Waals surface area (Å²) in [7, 11) is 1.41. The maximum Gasteiger partial charge on any atom is 0.411 e. The van der Waals surface area contributed by atoms with E-state index in [9.17, 15) is 9.59 Å². The monoisotopic (exact) mass is 447 g/mol. The van der Waals surface area contributed by atoms with Gasteiger partial charge in [0.2, 0.25) is 0 Å². The first-order valence-electron chi connectivity index (χ1n) is 9.43. The first-order chi connectivity index (χ1) is 14.4. The fourth-order valence-corrected chi connectivity index (χ4v) is 2.93. The number of anilines is 2. The van der Waals surface area contributed by atoms with Crippen molar-refractivity contribution < 1.29 is 19.4 Å². The van der Waals surface area contributed by atoms with E-state index >= 15 is 0 Å². The van der Waals surface area contributed by atoms with E-state index in [4.69, 9.17) is 27.2 Å². The van der Waals surface area contributed by atoms with Gasteiger partial charge in [0, 0.05) is 29.5 Å². The Morgan fingerprint density at radius 2 is 2.00 bits per heavy atom. The molecule has 0 aliphatic rings. The zero-order valence-corrected chi connectivity index (χ0v) is 18.6. The van der Waals surface area contributed by atoms with E-state index in [0.29, 0.717) is 34.6 Å². The Morgan fingerprint density at radius 3 is 2.55 bits per heavy atom. The summed E-state index contributed by atoms with van der Waals surface area (Å²) in [5.41, 5.74) is 7.72. The molecule has 9 nitrogen and oxygen atoms in total. The van der Waals surface area contributed by atoms with Gasteiger partial charge in [0.25, 0.3) is 0 Å². The number of rotatable bonds is 6. The maximum atomic E-state index is 12.2. The number of carboxylic acid groups (broad SMARTS) is 1. The van der Waals surface area contributed by atoms with Gasteiger partial charge in [-0.15, -0.1) is 11.7 Å².